The van der Waals surface area contributed by atoms with E-state index in [1.165, 1.54) is 0 Å². The summed E-state index contributed by atoms with van der Waals surface area (Å²) in [6.07, 6.45) is -1.91. The van der Waals surface area contributed by atoms with Crippen molar-refractivity contribution in [1.29, 1.82) is 0 Å². The molecule has 0 aliphatic heterocycles. The maximum Gasteiger partial charge on any atom is 0.389 e. The van der Waals surface area contributed by atoms with Crippen molar-refractivity contribution in [2.75, 3.05) is 6.54 Å². The molecule has 1 fully saturated rings. The lowest BCUT2D eigenvalue weighted by molar-refractivity contribution is -0.135. The van der Waals surface area contributed by atoms with Gasteiger partial charge < -0.3 is 11.1 Å². The second-order valence-electron chi connectivity index (χ2n) is 5.52. The van der Waals surface area contributed by atoms with E-state index >= 15 is 0 Å². The maximum absolute atomic E-state index is 11.9. The molecule has 1 rings (SSSR count). The fraction of sp³-hybridized carbons (Fsp3) is 0.923. The zero-order valence-corrected chi connectivity index (χ0v) is 11.3. The lowest BCUT2D eigenvalue weighted by Gasteiger charge is -2.31. The molecule has 3 unspecified atom stereocenters. The van der Waals surface area contributed by atoms with Crippen molar-refractivity contribution >= 4 is 5.91 Å². The lowest BCUT2D eigenvalue weighted by atomic mass is 9.77. The van der Waals surface area contributed by atoms with Crippen LogP contribution in [0.5, 0.6) is 0 Å². The number of rotatable bonds is 5. The molecule has 0 aromatic rings. The van der Waals surface area contributed by atoms with E-state index in [1.54, 1.807) is 0 Å². The van der Waals surface area contributed by atoms with Crippen LogP contribution in [0.25, 0.3) is 0 Å². The third-order valence-corrected chi connectivity index (χ3v) is 3.76. The van der Waals surface area contributed by atoms with Crippen molar-refractivity contribution in [3.63, 3.8) is 0 Å². The third kappa shape index (κ3) is 6.27. The van der Waals surface area contributed by atoms with E-state index in [0.29, 0.717) is 25.3 Å². The van der Waals surface area contributed by atoms with Gasteiger partial charge in [-0.1, -0.05) is 6.92 Å². The summed E-state index contributed by atoms with van der Waals surface area (Å²) >= 11 is 0. The van der Waals surface area contributed by atoms with Gasteiger partial charge in [-0.3, -0.25) is 4.79 Å². The Balaban J connectivity index is 2.20. The minimum atomic E-state index is -4.10. The van der Waals surface area contributed by atoms with Crippen molar-refractivity contribution in [3.8, 4) is 0 Å². The van der Waals surface area contributed by atoms with Crippen LogP contribution in [0.15, 0.2) is 0 Å². The van der Waals surface area contributed by atoms with E-state index in [2.05, 4.69) is 5.32 Å². The molecule has 1 saturated carbocycles. The number of hydrogen-bond donors (Lipinski definition) is 2. The lowest BCUT2D eigenvalue weighted by Crippen LogP contribution is -2.41. The van der Waals surface area contributed by atoms with Crippen LogP contribution in [0.3, 0.4) is 0 Å². The zero-order valence-electron chi connectivity index (χ0n) is 11.3. The molecule has 0 spiro atoms. The van der Waals surface area contributed by atoms with E-state index in [4.69, 9.17) is 5.73 Å². The van der Waals surface area contributed by atoms with Crippen LogP contribution in [0.4, 0.5) is 13.2 Å². The first-order valence-corrected chi connectivity index (χ1v) is 6.89. The number of unbranched alkanes of at least 4 members (excludes halogenated alkanes) is 1. The molecule has 6 heteroatoms. The predicted molar refractivity (Wildman–Crippen MR) is 67.4 cm³/mol. The largest absolute Gasteiger partial charge is 0.389 e. The second kappa shape index (κ2) is 7.12. The van der Waals surface area contributed by atoms with Gasteiger partial charge in [0.05, 0.1) is 0 Å². The van der Waals surface area contributed by atoms with Gasteiger partial charge in [-0.2, -0.15) is 13.2 Å². The number of carbonyl (C=O) groups excluding carboxylic acids is 1. The van der Waals surface area contributed by atoms with E-state index < -0.39 is 12.6 Å². The molecule has 3 nitrogen and oxygen atoms in total. The Morgan fingerprint density at radius 2 is 2.00 bits per heavy atom. The van der Waals surface area contributed by atoms with Gasteiger partial charge in [0.15, 0.2) is 0 Å². The summed E-state index contributed by atoms with van der Waals surface area (Å²) in [5.41, 5.74) is 5.84. The average Bonchev–Trinajstić information content (AvgIpc) is 2.30. The zero-order chi connectivity index (χ0) is 14.5. The van der Waals surface area contributed by atoms with Gasteiger partial charge in [0, 0.05) is 24.9 Å². The van der Waals surface area contributed by atoms with E-state index in [-0.39, 0.29) is 24.3 Å². The number of hydrogen-bond acceptors (Lipinski definition) is 2. The fourth-order valence-corrected chi connectivity index (χ4v) is 2.51. The van der Waals surface area contributed by atoms with E-state index in [1.807, 2.05) is 6.92 Å². The SMILES string of the molecule is CC1CCC(N)CC1C(=O)NCCCCC(F)(F)F. The van der Waals surface area contributed by atoms with Gasteiger partial charge in [-0.25, -0.2) is 0 Å². The first-order chi connectivity index (χ1) is 8.79. The highest BCUT2D eigenvalue weighted by molar-refractivity contribution is 5.79. The standard InChI is InChI=1S/C13H23F3N2O/c1-9-4-5-10(17)8-11(9)12(19)18-7-3-2-6-13(14,15)16/h9-11H,2-8,17H2,1H3,(H,18,19). The van der Waals surface area contributed by atoms with Crippen molar-refractivity contribution in [2.24, 2.45) is 17.6 Å². The quantitative estimate of drug-likeness (QED) is 0.761. The summed E-state index contributed by atoms with van der Waals surface area (Å²) in [4.78, 5) is 11.9. The summed E-state index contributed by atoms with van der Waals surface area (Å²) < 4.78 is 35.8. The van der Waals surface area contributed by atoms with Crippen LogP contribution < -0.4 is 11.1 Å². The van der Waals surface area contributed by atoms with Gasteiger partial charge in [-0.05, 0) is 38.0 Å². The highest BCUT2D eigenvalue weighted by atomic mass is 19.4. The highest BCUT2D eigenvalue weighted by Crippen LogP contribution is 2.29. The molecule has 3 N–H and O–H groups in total. The summed E-state index contributed by atoms with van der Waals surface area (Å²) in [5.74, 6) is 0.149. The van der Waals surface area contributed by atoms with Crippen molar-refractivity contribution in [2.45, 2.75) is 57.7 Å². The molecule has 112 valence electrons. The van der Waals surface area contributed by atoms with Crippen LogP contribution in [-0.4, -0.2) is 24.7 Å². The first-order valence-electron chi connectivity index (χ1n) is 6.89. The molecule has 1 aliphatic carbocycles. The molecule has 0 aromatic carbocycles. The van der Waals surface area contributed by atoms with Crippen LogP contribution in [0.2, 0.25) is 0 Å². The van der Waals surface area contributed by atoms with Crippen LogP contribution >= 0.6 is 0 Å². The molecular weight excluding hydrogens is 257 g/mol. The molecule has 0 aromatic heterocycles. The Labute approximate surface area is 112 Å². The summed E-state index contributed by atoms with van der Waals surface area (Å²) in [6, 6.07) is 0.0668. The van der Waals surface area contributed by atoms with E-state index in [9.17, 15) is 18.0 Å². The summed E-state index contributed by atoms with van der Waals surface area (Å²) in [7, 11) is 0. The minimum absolute atomic E-state index is 0.0590. The Morgan fingerprint density at radius 3 is 2.63 bits per heavy atom. The van der Waals surface area contributed by atoms with Crippen molar-refractivity contribution in [1.82, 2.24) is 5.32 Å². The van der Waals surface area contributed by atoms with Gasteiger partial charge >= 0.3 is 6.18 Å². The monoisotopic (exact) mass is 280 g/mol. The molecule has 19 heavy (non-hydrogen) atoms. The Hall–Kier alpha value is -0.780. The molecule has 0 heterocycles. The Bertz CT molecular complexity index is 294. The first kappa shape index (κ1) is 16.3. The Kier molecular flexibility index (Phi) is 6.10. The molecule has 0 bridgehead atoms. The highest BCUT2D eigenvalue weighted by Gasteiger charge is 2.31. The maximum atomic E-state index is 11.9. The van der Waals surface area contributed by atoms with E-state index in [0.717, 1.165) is 12.8 Å². The van der Waals surface area contributed by atoms with Gasteiger partial charge in [0.1, 0.15) is 0 Å². The third-order valence-electron chi connectivity index (χ3n) is 3.76. The predicted octanol–water partition coefficient (Wildman–Crippen LogP) is 2.60. The molecular formula is C13H23F3N2O. The molecule has 1 aliphatic rings. The normalized spacial score (nSPS) is 28.2. The molecule has 0 radical (unpaired) electrons. The summed E-state index contributed by atoms with van der Waals surface area (Å²) in [6.45, 7) is 2.34. The number of carbonyl (C=O) groups is 1. The molecule has 1 amide bonds. The van der Waals surface area contributed by atoms with Crippen molar-refractivity contribution < 1.29 is 18.0 Å². The molecule has 0 saturated heterocycles. The van der Waals surface area contributed by atoms with Gasteiger partial charge in [0.2, 0.25) is 5.91 Å². The van der Waals surface area contributed by atoms with Crippen LogP contribution in [0.1, 0.15) is 45.4 Å². The number of nitrogens with one attached hydrogen (secondary N) is 1. The summed E-state index contributed by atoms with van der Waals surface area (Å²) in [5, 5.41) is 2.73. The molecule has 3 atom stereocenters. The van der Waals surface area contributed by atoms with Crippen LogP contribution in [0, 0.1) is 11.8 Å². The number of nitrogens with two attached hydrogens (primary N) is 1. The Morgan fingerprint density at radius 1 is 1.32 bits per heavy atom. The number of amides is 1. The van der Waals surface area contributed by atoms with Crippen molar-refractivity contribution in [3.05, 3.63) is 0 Å². The second-order valence-corrected chi connectivity index (χ2v) is 5.52. The number of alkyl halides is 3. The van der Waals surface area contributed by atoms with Gasteiger partial charge in [0.25, 0.3) is 0 Å². The minimum Gasteiger partial charge on any atom is -0.356 e. The van der Waals surface area contributed by atoms with Gasteiger partial charge in [-0.15, -0.1) is 0 Å². The fourth-order valence-electron chi connectivity index (χ4n) is 2.51. The number of halogens is 3. The topological polar surface area (TPSA) is 55.1 Å². The smallest absolute Gasteiger partial charge is 0.356 e. The van der Waals surface area contributed by atoms with Crippen LogP contribution in [-0.2, 0) is 4.79 Å². The average molecular weight is 280 g/mol.